The van der Waals surface area contributed by atoms with Gasteiger partial charge < -0.3 is 9.84 Å². The normalized spacial score (nSPS) is 10.6. The Kier molecular flexibility index (Phi) is 4.60. The van der Waals surface area contributed by atoms with Crippen LogP contribution in [0.3, 0.4) is 0 Å². The van der Waals surface area contributed by atoms with E-state index in [0.29, 0.717) is 0 Å². The molecule has 0 aliphatic heterocycles. The number of aliphatic carboxylic acids is 1. The summed E-state index contributed by atoms with van der Waals surface area (Å²) in [6, 6.07) is 5.58. The fourth-order valence-electron chi connectivity index (χ4n) is 1.20. The summed E-state index contributed by atoms with van der Waals surface area (Å²) < 4.78 is 5.13. The second kappa shape index (κ2) is 6.16. The third-order valence-corrected chi connectivity index (χ3v) is 2.25. The Morgan fingerprint density at radius 2 is 2.32 bits per heavy atom. The maximum Gasteiger partial charge on any atom is 0.331 e. The van der Waals surface area contributed by atoms with Gasteiger partial charge in [0.1, 0.15) is 6.61 Å². The number of rotatable bonds is 5. The van der Waals surface area contributed by atoms with E-state index >= 15 is 0 Å². The Morgan fingerprint density at radius 1 is 1.63 bits per heavy atom. The van der Waals surface area contributed by atoms with Crippen LogP contribution in [0.2, 0.25) is 0 Å². The first kappa shape index (κ1) is 14.2. The molecule has 1 aromatic rings. The van der Waals surface area contributed by atoms with E-state index in [0.717, 1.165) is 6.07 Å². The van der Waals surface area contributed by atoms with Crippen molar-refractivity contribution in [3.05, 3.63) is 45.5 Å². The van der Waals surface area contributed by atoms with Gasteiger partial charge >= 0.3 is 11.7 Å². The number of nitro groups is 1. The topological polar surface area (TPSA) is 113 Å². The molecular weight excluding hydrogens is 252 g/mol. The van der Waals surface area contributed by atoms with Crippen LogP contribution in [0, 0.1) is 21.4 Å². The van der Waals surface area contributed by atoms with Crippen molar-refractivity contribution in [2.45, 2.75) is 6.92 Å². The summed E-state index contributed by atoms with van der Waals surface area (Å²) >= 11 is 0. The largest absolute Gasteiger partial charge is 0.483 e. The van der Waals surface area contributed by atoms with E-state index in [-0.39, 0.29) is 29.2 Å². The molecule has 98 valence electrons. The third-order valence-electron chi connectivity index (χ3n) is 2.25. The smallest absolute Gasteiger partial charge is 0.331 e. The van der Waals surface area contributed by atoms with E-state index in [9.17, 15) is 14.9 Å². The molecular formula is C12H10N2O5. The molecule has 0 bridgehead atoms. The van der Waals surface area contributed by atoms with Crippen molar-refractivity contribution in [3.8, 4) is 11.8 Å². The van der Waals surface area contributed by atoms with Crippen molar-refractivity contribution in [2.75, 3.05) is 6.61 Å². The molecule has 7 heteroatoms. The van der Waals surface area contributed by atoms with E-state index in [1.807, 2.05) is 0 Å². The van der Waals surface area contributed by atoms with Crippen LogP contribution in [0.1, 0.15) is 12.5 Å². The standard InChI is InChI=1S/C12H10N2O5/c1-8(12(15)16)4-5-19-11-3-2-9(7-13)6-10(11)14(17)18/h2-4,6H,5H2,1H3,(H,15,16). The SMILES string of the molecule is CC(=CCOc1ccc(C#N)cc1[N+](=O)[O-])C(=O)O. The van der Waals surface area contributed by atoms with Crippen molar-refractivity contribution in [1.82, 2.24) is 0 Å². The van der Waals surface area contributed by atoms with Crippen molar-refractivity contribution in [1.29, 1.82) is 5.26 Å². The van der Waals surface area contributed by atoms with Gasteiger partial charge in [-0.2, -0.15) is 5.26 Å². The monoisotopic (exact) mass is 262 g/mol. The van der Waals surface area contributed by atoms with Crippen molar-refractivity contribution in [3.63, 3.8) is 0 Å². The zero-order valence-corrected chi connectivity index (χ0v) is 9.99. The highest BCUT2D eigenvalue weighted by atomic mass is 16.6. The van der Waals surface area contributed by atoms with Gasteiger partial charge in [0.2, 0.25) is 0 Å². The van der Waals surface area contributed by atoms with Crippen molar-refractivity contribution in [2.24, 2.45) is 0 Å². The molecule has 19 heavy (non-hydrogen) atoms. The summed E-state index contributed by atoms with van der Waals surface area (Å²) in [5, 5.41) is 28.1. The molecule has 0 heterocycles. The first-order valence-corrected chi connectivity index (χ1v) is 5.17. The molecule has 0 saturated heterocycles. The fraction of sp³-hybridized carbons (Fsp3) is 0.167. The number of carbonyl (C=O) groups is 1. The zero-order valence-electron chi connectivity index (χ0n) is 9.99. The van der Waals surface area contributed by atoms with Gasteiger partial charge in [0, 0.05) is 11.6 Å². The average Bonchev–Trinajstić information content (AvgIpc) is 2.38. The molecule has 0 amide bonds. The van der Waals surface area contributed by atoms with Gasteiger partial charge in [-0.3, -0.25) is 10.1 Å². The highest BCUT2D eigenvalue weighted by Crippen LogP contribution is 2.27. The molecule has 1 N–H and O–H groups in total. The van der Waals surface area contributed by atoms with E-state index < -0.39 is 10.9 Å². The van der Waals surface area contributed by atoms with Crippen molar-refractivity contribution >= 4 is 11.7 Å². The summed E-state index contributed by atoms with van der Waals surface area (Å²) in [6.07, 6.45) is 1.30. The highest BCUT2D eigenvalue weighted by molar-refractivity contribution is 5.85. The molecule has 0 fully saturated rings. The van der Waals surface area contributed by atoms with Gasteiger partial charge in [-0.1, -0.05) is 0 Å². The predicted octanol–water partition coefficient (Wildman–Crippen LogP) is 1.88. The van der Waals surface area contributed by atoms with E-state index in [4.69, 9.17) is 15.1 Å². The van der Waals surface area contributed by atoms with Gasteiger partial charge in [0.15, 0.2) is 5.75 Å². The van der Waals surface area contributed by atoms with E-state index in [1.165, 1.54) is 25.1 Å². The van der Waals surface area contributed by atoms with Gasteiger partial charge in [0.25, 0.3) is 0 Å². The molecule has 0 atom stereocenters. The average molecular weight is 262 g/mol. The minimum atomic E-state index is -1.09. The molecule has 0 aliphatic rings. The summed E-state index contributed by atoms with van der Waals surface area (Å²) in [5.41, 5.74) is -0.104. The molecule has 0 saturated carbocycles. The molecule has 0 unspecified atom stereocenters. The van der Waals surface area contributed by atoms with Gasteiger partial charge in [0.05, 0.1) is 16.6 Å². The second-order valence-corrected chi connectivity index (χ2v) is 3.55. The molecule has 7 nitrogen and oxygen atoms in total. The Labute approximate surface area is 108 Å². The van der Waals surface area contributed by atoms with Crippen LogP contribution in [0.25, 0.3) is 0 Å². The molecule has 0 aromatic heterocycles. The number of nitrogens with zero attached hydrogens (tertiary/aromatic N) is 2. The van der Waals surface area contributed by atoms with Crippen LogP contribution in [0.5, 0.6) is 5.75 Å². The Bertz CT molecular complexity index is 586. The molecule has 1 aromatic carbocycles. The fourth-order valence-corrected chi connectivity index (χ4v) is 1.20. The summed E-state index contributed by atoms with van der Waals surface area (Å²) in [5.74, 6) is -1.10. The van der Waals surface area contributed by atoms with Crippen LogP contribution < -0.4 is 4.74 Å². The quantitative estimate of drug-likeness (QED) is 0.492. The Morgan fingerprint density at radius 3 is 2.84 bits per heavy atom. The maximum atomic E-state index is 10.8. The number of ether oxygens (including phenoxy) is 1. The number of carboxylic acids is 1. The first-order valence-electron chi connectivity index (χ1n) is 5.17. The second-order valence-electron chi connectivity index (χ2n) is 3.55. The predicted molar refractivity (Wildman–Crippen MR) is 64.7 cm³/mol. The lowest BCUT2D eigenvalue weighted by atomic mass is 10.2. The number of carboxylic acid groups (broad SMARTS) is 1. The minimum absolute atomic E-state index is 0.0153. The Hall–Kier alpha value is -2.88. The highest BCUT2D eigenvalue weighted by Gasteiger charge is 2.15. The summed E-state index contributed by atoms with van der Waals surface area (Å²) in [4.78, 5) is 20.7. The number of nitro benzene ring substituents is 1. The van der Waals surface area contributed by atoms with Crippen LogP contribution >= 0.6 is 0 Å². The van der Waals surface area contributed by atoms with Gasteiger partial charge in [-0.15, -0.1) is 0 Å². The summed E-state index contributed by atoms with van der Waals surface area (Å²) in [7, 11) is 0. The van der Waals surface area contributed by atoms with Gasteiger partial charge in [-0.25, -0.2) is 4.79 Å². The molecule has 1 rings (SSSR count). The van der Waals surface area contributed by atoms with E-state index in [1.54, 1.807) is 6.07 Å². The summed E-state index contributed by atoms with van der Waals surface area (Å²) in [6.45, 7) is 1.28. The molecule has 0 radical (unpaired) electrons. The third kappa shape index (κ3) is 3.81. The molecule has 0 spiro atoms. The number of benzene rings is 1. The number of hydrogen-bond donors (Lipinski definition) is 1. The van der Waals surface area contributed by atoms with Crippen molar-refractivity contribution < 1.29 is 19.6 Å². The Balaban J connectivity index is 2.90. The first-order chi connectivity index (χ1) is 8.95. The van der Waals surface area contributed by atoms with Crippen LogP contribution in [-0.4, -0.2) is 22.6 Å². The lowest BCUT2D eigenvalue weighted by molar-refractivity contribution is -0.385. The molecule has 0 aliphatic carbocycles. The lowest BCUT2D eigenvalue weighted by Crippen LogP contribution is -2.02. The van der Waals surface area contributed by atoms with Crippen LogP contribution in [-0.2, 0) is 4.79 Å². The zero-order chi connectivity index (χ0) is 14.4. The number of hydrogen-bond acceptors (Lipinski definition) is 5. The van der Waals surface area contributed by atoms with E-state index in [2.05, 4.69) is 0 Å². The number of nitriles is 1. The van der Waals surface area contributed by atoms with Crippen LogP contribution in [0.15, 0.2) is 29.8 Å². The van der Waals surface area contributed by atoms with Crippen LogP contribution in [0.4, 0.5) is 5.69 Å². The maximum absolute atomic E-state index is 10.8. The lowest BCUT2D eigenvalue weighted by Gasteiger charge is -2.04. The minimum Gasteiger partial charge on any atom is -0.483 e. The van der Waals surface area contributed by atoms with Gasteiger partial charge in [-0.05, 0) is 25.1 Å².